The van der Waals surface area contributed by atoms with E-state index in [1.54, 1.807) is 11.0 Å². The van der Waals surface area contributed by atoms with E-state index in [-0.39, 0.29) is 31.3 Å². The lowest BCUT2D eigenvalue weighted by molar-refractivity contribution is -0.0221. The number of anilines is 1. The van der Waals surface area contributed by atoms with E-state index in [1.807, 2.05) is 27.7 Å². The van der Waals surface area contributed by atoms with Gasteiger partial charge in [0.2, 0.25) is 0 Å². The highest BCUT2D eigenvalue weighted by molar-refractivity contribution is 5.98. The summed E-state index contributed by atoms with van der Waals surface area (Å²) in [7, 11) is 0. The average Bonchev–Trinajstić information content (AvgIpc) is 2.36. The minimum absolute atomic E-state index is 0.172. The minimum atomic E-state index is -2.64. The Labute approximate surface area is 129 Å². The van der Waals surface area contributed by atoms with Gasteiger partial charge in [0, 0.05) is 31.6 Å². The molecule has 6 heteroatoms. The molecular formula is C16H23F2N3O. The number of piperidine rings is 1. The normalized spacial score (nSPS) is 18.4. The van der Waals surface area contributed by atoms with Crippen molar-refractivity contribution in [1.29, 1.82) is 0 Å². The molecule has 1 aliphatic heterocycles. The van der Waals surface area contributed by atoms with Gasteiger partial charge >= 0.3 is 0 Å². The van der Waals surface area contributed by atoms with Crippen LogP contribution in [0.25, 0.3) is 0 Å². The highest BCUT2D eigenvalue weighted by Crippen LogP contribution is 2.33. The van der Waals surface area contributed by atoms with Gasteiger partial charge in [0.15, 0.2) is 0 Å². The summed E-state index contributed by atoms with van der Waals surface area (Å²) < 4.78 is 26.6. The van der Waals surface area contributed by atoms with Crippen LogP contribution >= 0.6 is 0 Å². The van der Waals surface area contributed by atoms with E-state index in [9.17, 15) is 13.6 Å². The van der Waals surface area contributed by atoms with Crippen LogP contribution in [-0.4, -0.2) is 29.9 Å². The molecule has 1 aliphatic rings. The molecule has 0 bridgehead atoms. The fourth-order valence-electron chi connectivity index (χ4n) is 2.82. The molecule has 1 amide bonds. The number of pyridine rings is 1. The van der Waals surface area contributed by atoms with E-state index >= 15 is 0 Å². The number of carbonyl (C=O) groups is 1. The standard InChI is InChI=1S/C16H23F2N3O/c1-10-12(15(2,3)4)9-11(13(19)22)14(20-10)21-7-5-16(17,18)6-8-21/h9H,5-8H2,1-4H3,(H2,19,22). The van der Waals surface area contributed by atoms with Crippen molar-refractivity contribution in [1.82, 2.24) is 4.98 Å². The molecule has 1 fully saturated rings. The van der Waals surface area contributed by atoms with Gasteiger partial charge in [-0.05, 0) is 24.0 Å². The molecule has 2 rings (SSSR count). The van der Waals surface area contributed by atoms with Crippen molar-refractivity contribution in [3.05, 3.63) is 22.9 Å². The van der Waals surface area contributed by atoms with Crippen LogP contribution in [0.15, 0.2) is 6.07 Å². The topological polar surface area (TPSA) is 59.2 Å². The smallest absolute Gasteiger partial charge is 0.252 e. The van der Waals surface area contributed by atoms with Gasteiger partial charge in [-0.15, -0.1) is 0 Å². The van der Waals surface area contributed by atoms with Crippen LogP contribution in [0, 0.1) is 6.92 Å². The molecule has 122 valence electrons. The van der Waals surface area contributed by atoms with Crippen molar-refractivity contribution >= 4 is 11.7 Å². The Morgan fingerprint density at radius 1 is 1.32 bits per heavy atom. The number of rotatable bonds is 2. The number of hydrogen-bond acceptors (Lipinski definition) is 3. The van der Waals surface area contributed by atoms with E-state index in [1.165, 1.54) is 0 Å². The molecular weight excluding hydrogens is 288 g/mol. The van der Waals surface area contributed by atoms with Crippen LogP contribution in [0.4, 0.5) is 14.6 Å². The number of carbonyl (C=O) groups excluding carboxylic acids is 1. The van der Waals surface area contributed by atoms with Crippen LogP contribution in [0.5, 0.6) is 0 Å². The van der Waals surface area contributed by atoms with Gasteiger partial charge in [-0.1, -0.05) is 20.8 Å². The Morgan fingerprint density at radius 3 is 2.32 bits per heavy atom. The third-order valence-corrected chi connectivity index (χ3v) is 4.06. The molecule has 0 atom stereocenters. The SMILES string of the molecule is Cc1nc(N2CCC(F)(F)CC2)c(C(N)=O)cc1C(C)(C)C. The lowest BCUT2D eigenvalue weighted by Crippen LogP contribution is -2.41. The number of nitrogens with zero attached hydrogens (tertiary/aromatic N) is 2. The van der Waals surface area contributed by atoms with Gasteiger partial charge in [0.1, 0.15) is 5.82 Å². The van der Waals surface area contributed by atoms with Crippen LogP contribution in [0.3, 0.4) is 0 Å². The second kappa shape index (κ2) is 5.48. The molecule has 0 radical (unpaired) electrons. The fourth-order valence-corrected chi connectivity index (χ4v) is 2.82. The number of aromatic nitrogens is 1. The van der Waals surface area contributed by atoms with Crippen molar-refractivity contribution < 1.29 is 13.6 Å². The van der Waals surface area contributed by atoms with Crippen LogP contribution < -0.4 is 10.6 Å². The summed E-state index contributed by atoms with van der Waals surface area (Å²) in [6, 6.07) is 1.76. The maximum atomic E-state index is 13.3. The zero-order valence-electron chi connectivity index (χ0n) is 13.5. The third-order valence-electron chi connectivity index (χ3n) is 4.06. The lowest BCUT2D eigenvalue weighted by Gasteiger charge is -2.34. The first-order valence-electron chi connectivity index (χ1n) is 7.46. The Kier molecular flexibility index (Phi) is 4.15. The summed E-state index contributed by atoms with van der Waals surface area (Å²) in [5.74, 6) is -2.79. The average molecular weight is 311 g/mol. The Morgan fingerprint density at radius 2 is 1.86 bits per heavy atom. The van der Waals surface area contributed by atoms with Crippen molar-refractivity contribution in [2.45, 2.75) is 51.9 Å². The summed E-state index contributed by atoms with van der Waals surface area (Å²) in [6.07, 6.45) is -0.458. The number of primary amides is 1. The van der Waals surface area contributed by atoms with Crippen LogP contribution in [0.2, 0.25) is 0 Å². The van der Waals surface area contributed by atoms with Gasteiger partial charge in [0.05, 0.1) is 5.56 Å². The summed E-state index contributed by atoms with van der Waals surface area (Å²) in [4.78, 5) is 18.0. The van der Waals surface area contributed by atoms with E-state index in [4.69, 9.17) is 5.73 Å². The van der Waals surface area contributed by atoms with Crippen molar-refractivity contribution in [3.8, 4) is 0 Å². The molecule has 0 saturated carbocycles. The first-order valence-corrected chi connectivity index (χ1v) is 7.46. The zero-order valence-corrected chi connectivity index (χ0v) is 13.5. The quantitative estimate of drug-likeness (QED) is 0.913. The largest absolute Gasteiger partial charge is 0.365 e. The second-order valence-corrected chi connectivity index (χ2v) is 6.95. The molecule has 2 N–H and O–H groups in total. The van der Waals surface area contributed by atoms with Gasteiger partial charge in [-0.3, -0.25) is 4.79 Å². The van der Waals surface area contributed by atoms with Crippen molar-refractivity contribution in [2.24, 2.45) is 5.73 Å². The molecule has 0 aliphatic carbocycles. The number of nitrogens with two attached hydrogens (primary N) is 1. The number of halogens is 2. The van der Waals surface area contributed by atoms with Gasteiger partial charge < -0.3 is 10.6 Å². The molecule has 0 aromatic carbocycles. The lowest BCUT2D eigenvalue weighted by atomic mass is 9.85. The van der Waals surface area contributed by atoms with E-state index in [0.717, 1.165) is 11.3 Å². The Hall–Kier alpha value is -1.72. The molecule has 2 heterocycles. The zero-order chi connectivity index (χ0) is 16.7. The predicted octanol–water partition coefficient (Wildman–Crippen LogP) is 3.02. The van der Waals surface area contributed by atoms with Crippen LogP contribution in [-0.2, 0) is 5.41 Å². The van der Waals surface area contributed by atoms with Gasteiger partial charge in [-0.25, -0.2) is 13.8 Å². The summed E-state index contributed by atoms with van der Waals surface area (Å²) in [5.41, 5.74) is 7.35. The van der Waals surface area contributed by atoms with Crippen molar-refractivity contribution in [2.75, 3.05) is 18.0 Å². The van der Waals surface area contributed by atoms with E-state index in [0.29, 0.717) is 11.4 Å². The predicted molar refractivity (Wildman–Crippen MR) is 82.6 cm³/mol. The minimum Gasteiger partial charge on any atom is -0.365 e. The second-order valence-electron chi connectivity index (χ2n) is 6.95. The van der Waals surface area contributed by atoms with Gasteiger partial charge in [-0.2, -0.15) is 0 Å². The van der Waals surface area contributed by atoms with Crippen molar-refractivity contribution in [3.63, 3.8) is 0 Å². The van der Waals surface area contributed by atoms with Gasteiger partial charge in [0.25, 0.3) is 11.8 Å². The Balaban J connectivity index is 2.44. The molecule has 4 nitrogen and oxygen atoms in total. The third kappa shape index (κ3) is 3.36. The first-order chi connectivity index (χ1) is 10.0. The number of alkyl halides is 2. The Bertz CT molecular complexity index is 584. The molecule has 1 saturated heterocycles. The number of hydrogen-bond donors (Lipinski definition) is 1. The molecule has 0 unspecified atom stereocenters. The first kappa shape index (κ1) is 16.6. The maximum Gasteiger partial charge on any atom is 0.252 e. The number of aryl methyl sites for hydroxylation is 1. The van der Waals surface area contributed by atoms with E-state index < -0.39 is 11.8 Å². The monoisotopic (exact) mass is 311 g/mol. The van der Waals surface area contributed by atoms with Crippen LogP contribution in [0.1, 0.15) is 55.2 Å². The molecule has 22 heavy (non-hydrogen) atoms. The summed E-state index contributed by atoms with van der Waals surface area (Å²) >= 11 is 0. The molecule has 0 spiro atoms. The maximum absolute atomic E-state index is 13.3. The fraction of sp³-hybridized carbons (Fsp3) is 0.625. The summed E-state index contributed by atoms with van der Waals surface area (Å²) in [5, 5.41) is 0. The molecule has 1 aromatic rings. The number of amides is 1. The molecule has 1 aromatic heterocycles. The summed E-state index contributed by atoms with van der Waals surface area (Å²) in [6.45, 7) is 8.31. The highest BCUT2D eigenvalue weighted by Gasteiger charge is 2.35. The highest BCUT2D eigenvalue weighted by atomic mass is 19.3. The van der Waals surface area contributed by atoms with E-state index in [2.05, 4.69) is 4.98 Å².